The summed E-state index contributed by atoms with van der Waals surface area (Å²) in [4.78, 5) is 11.9. The third kappa shape index (κ3) is 5.62. The molecule has 0 aliphatic rings. The Bertz CT molecular complexity index is 339. The van der Waals surface area contributed by atoms with Gasteiger partial charge in [0.25, 0.3) is 0 Å². The average Bonchev–Trinajstić information content (AvgIpc) is 2.31. The van der Waals surface area contributed by atoms with Gasteiger partial charge in [-0.1, -0.05) is 0 Å². The maximum atomic E-state index is 8.67. The van der Waals surface area contributed by atoms with Gasteiger partial charge in [-0.3, -0.25) is 0 Å². The summed E-state index contributed by atoms with van der Waals surface area (Å²) in [7, 11) is 1.65. The number of hydrogen-bond donors (Lipinski definition) is 3. The number of aliphatic hydroxyl groups is 1. The van der Waals surface area contributed by atoms with Crippen molar-refractivity contribution in [1.82, 2.24) is 15.0 Å². The number of aliphatic hydroxyl groups excluding tert-OH is 1. The number of nitrogens with zero attached hydrogens (tertiary/aromatic N) is 3. The largest absolute Gasteiger partial charge is 0.395 e. The topological polar surface area (TPSA) is 92.2 Å². The Morgan fingerprint density at radius 1 is 1.18 bits per heavy atom. The zero-order chi connectivity index (χ0) is 12.5. The molecule has 0 amide bonds. The standard InChI is InChI=1S/C9H16ClN5O2/c1-17-6-2-3-11-8-13-7(10)14-9(15-8)12-4-5-16/h16H,2-6H2,1H3,(H2,11,12,13,14,15). The summed E-state index contributed by atoms with van der Waals surface area (Å²) in [6, 6.07) is 0. The molecule has 8 heteroatoms. The molecule has 96 valence electrons. The Hall–Kier alpha value is -1.18. The van der Waals surface area contributed by atoms with Gasteiger partial charge in [-0.15, -0.1) is 0 Å². The summed E-state index contributed by atoms with van der Waals surface area (Å²) in [6.07, 6.45) is 0.846. The fraction of sp³-hybridized carbons (Fsp3) is 0.667. The second-order valence-electron chi connectivity index (χ2n) is 3.18. The Labute approximate surface area is 105 Å². The first-order chi connectivity index (χ1) is 8.26. The zero-order valence-electron chi connectivity index (χ0n) is 9.61. The van der Waals surface area contributed by atoms with Crippen LogP contribution in [0.3, 0.4) is 0 Å². The molecule has 7 nitrogen and oxygen atoms in total. The van der Waals surface area contributed by atoms with E-state index < -0.39 is 0 Å². The van der Waals surface area contributed by atoms with Crippen molar-refractivity contribution in [3.8, 4) is 0 Å². The summed E-state index contributed by atoms with van der Waals surface area (Å²) in [5.74, 6) is 0.745. The van der Waals surface area contributed by atoms with Crippen LogP contribution >= 0.6 is 11.6 Å². The molecule has 3 N–H and O–H groups in total. The SMILES string of the molecule is COCCCNc1nc(Cl)nc(NCCO)n1. The number of methoxy groups -OCH3 is 1. The van der Waals surface area contributed by atoms with E-state index in [-0.39, 0.29) is 11.9 Å². The number of hydrogen-bond acceptors (Lipinski definition) is 7. The summed E-state index contributed by atoms with van der Waals surface area (Å²) in [5, 5.41) is 14.6. The molecule has 17 heavy (non-hydrogen) atoms. The molecule has 0 saturated carbocycles. The van der Waals surface area contributed by atoms with Gasteiger partial charge in [0.15, 0.2) is 0 Å². The maximum absolute atomic E-state index is 8.67. The molecular formula is C9H16ClN5O2. The first kappa shape index (κ1) is 13.9. The van der Waals surface area contributed by atoms with Gasteiger partial charge >= 0.3 is 0 Å². The lowest BCUT2D eigenvalue weighted by Gasteiger charge is -2.07. The normalized spacial score (nSPS) is 10.3. The van der Waals surface area contributed by atoms with Crippen LogP contribution in [0.25, 0.3) is 0 Å². The van der Waals surface area contributed by atoms with Crippen molar-refractivity contribution in [2.24, 2.45) is 0 Å². The third-order valence-electron chi connectivity index (χ3n) is 1.81. The highest BCUT2D eigenvalue weighted by atomic mass is 35.5. The Balaban J connectivity index is 2.50. The van der Waals surface area contributed by atoms with Crippen LogP contribution < -0.4 is 10.6 Å². The van der Waals surface area contributed by atoms with E-state index in [4.69, 9.17) is 21.4 Å². The molecule has 1 rings (SSSR count). The Kier molecular flexibility index (Phi) is 6.53. The van der Waals surface area contributed by atoms with Crippen molar-refractivity contribution < 1.29 is 9.84 Å². The summed E-state index contributed by atoms with van der Waals surface area (Å²) >= 11 is 5.74. The fourth-order valence-electron chi connectivity index (χ4n) is 1.09. The van der Waals surface area contributed by atoms with Crippen LogP contribution in [0.1, 0.15) is 6.42 Å². The maximum Gasteiger partial charge on any atom is 0.228 e. The van der Waals surface area contributed by atoms with E-state index in [2.05, 4.69) is 25.6 Å². The second kappa shape index (κ2) is 7.99. The van der Waals surface area contributed by atoms with Gasteiger partial charge in [0, 0.05) is 26.8 Å². The van der Waals surface area contributed by atoms with E-state index in [9.17, 15) is 0 Å². The minimum Gasteiger partial charge on any atom is -0.395 e. The molecule has 0 aromatic carbocycles. The van der Waals surface area contributed by atoms with E-state index >= 15 is 0 Å². The van der Waals surface area contributed by atoms with Crippen LogP contribution in [0, 0.1) is 0 Å². The van der Waals surface area contributed by atoms with Crippen LogP contribution in [-0.2, 0) is 4.74 Å². The second-order valence-corrected chi connectivity index (χ2v) is 3.51. The first-order valence-corrected chi connectivity index (χ1v) is 5.63. The van der Waals surface area contributed by atoms with Crippen molar-refractivity contribution in [1.29, 1.82) is 0 Å². The molecule has 0 unspecified atom stereocenters. The smallest absolute Gasteiger partial charge is 0.228 e. The van der Waals surface area contributed by atoms with Crippen LogP contribution in [-0.4, -0.2) is 53.5 Å². The number of aromatic nitrogens is 3. The molecule has 0 saturated heterocycles. The number of rotatable bonds is 8. The van der Waals surface area contributed by atoms with Crippen molar-refractivity contribution in [2.45, 2.75) is 6.42 Å². The van der Waals surface area contributed by atoms with Gasteiger partial charge in [-0.25, -0.2) is 0 Å². The molecule has 0 aliphatic carbocycles. The van der Waals surface area contributed by atoms with Crippen molar-refractivity contribution in [3.63, 3.8) is 0 Å². The van der Waals surface area contributed by atoms with Gasteiger partial charge < -0.3 is 20.5 Å². The van der Waals surface area contributed by atoms with Crippen LogP contribution in [0.15, 0.2) is 0 Å². The average molecular weight is 262 g/mol. The molecule has 0 atom stereocenters. The van der Waals surface area contributed by atoms with Crippen LogP contribution in [0.2, 0.25) is 5.28 Å². The summed E-state index contributed by atoms with van der Waals surface area (Å²) in [5.41, 5.74) is 0. The molecule has 0 aliphatic heterocycles. The summed E-state index contributed by atoms with van der Waals surface area (Å²) in [6.45, 7) is 1.72. The molecular weight excluding hydrogens is 246 g/mol. The van der Waals surface area contributed by atoms with E-state index in [1.54, 1.807) is 7.11 Å². The Morgan fingerprint density at radius 2 is 1.82 bits per heavy atom. The Morgan fingerprint density at radius 3 is 2.41 bits per heavy atom. The van der Waals surface area contributed by atoms with Crippen LogP contribution in [0.5, 0.6) is 0 Å². The lowest BCUT2D eigenvalue weighted by atomic mass is 10.4. The summed E-state index contributed by atoms with van der Waals surface area (Å²) < 4.78 is 4.92. The highest BCUT2D eigenvalue weighted by Crippen LogP contribution is 2.09. The highest BCUT2D eigenvalue weighted by Gasteiger charge is 2.03. The quantitative estimate of drug-likeness (QED) is 0.583. The highest BCUT2D eigenvalue weighted by molar-refractivity contribution is 6.28. The molecule has 1 aromatic heterocycles. The molecule has 0 fully saturated rings. The predicted molar refractivity (Wildman–Crippen MR) is 65.4 cm³/mol. The van der Waals surface area contributed by atoms with Crippen LogP contribution in [0.4, 0.5) is 11.9 Å². The van der Waals surface area contributed by atoms with E-state index in [0.29, 0.717) is 31.6 Å². The monoisotopic (exact) mass is 261 g/mol. The van der Waals surface area contributed by atoms with Crippen molar-refractivity contribution in [2.75, 3.05) is 44.0 Å². The van der Waals surface area contributed by atoms with Gasteiger partial charge in [0.2, 0.25) is 17.2 Å². The van der Waals surface area contributed by atoms with Gasteiger partial charge in [0.1, 0.15) is 0 Å². The zero-order valence-corrected chi connectivity index (χ0v) is 10.4. The predicted octanol–water partition coefficient (Wildman–Crippen LogP) is 0.378. The van der Waals surface area contributed by atoms with E-state index in [0.717, 1.165) is 6.42 Å². The first-order valence-electron chi connectivity index (χ1n) is 5.25. The van der Waals surface area contributed by atoms with Gasteiger partial charge in [-0.05, 0) is 18.0 Å². The molecule has 1 aromatic rings. The lowest BCUT2D eigenvalue weighted by molar-refractivity contribution is 0.197. The van der Waals surface area contributed by atoms with Gasteiger partial charge in [0.05, 0.1) is 6.61 Å². The minimum absolute atomic E-state index is 0.0000966. The number of anilines is 2. The number of ether oxygens (including phenoxy) is 1. The number of halogens is 1. The van der Waals surface area contributed by atoms with Gasteiger partial charge in [-0.2, -0.15) is 15.0 Å². The van der Waals surface area contributed by atoms with Crippen molar-refractivity contribution in [3.05, 3.63) is 5.28 Å². The van der Waals surface area contributed by atoms with Crippen molar-refractivity contribution >= 4 is 23.5 Å². The minimum atomic E-state index is -0.0000966. The lowest BCUT2D eigenvalue weighted by Crippen LogP contribution is -2.13. The fourth-order valence-corrected chi connectivity index (χ4v) is 1.25. The number of nitrogens with one attached hydrogen (secondary N) is 2. The third-order valence-corrected chi connectivity index (χ3v) is 1.98. The van der Waals surface area contributed by atoms with E-state index in [1.165, 1.54) is 0 Å². The molecule has 1 heterocycles. The molecule has 0 spiro atoms. The van der Waals surface area contributed by atoms with E-state index in [1.807, 2.05) is 0 Å². The molecule has 0 radical (unpaired) electrons. The molecule has 0 bridgehead atoms.